The van der Waals surface area contributed by atoms with Crippen LogP contribution in [0.5, 0.6) is 0 Å². The average molecular weight is 301 g/mol. The van der Waals surface area contributed by atoms with Gasteiger partial charge >= 0.3 is 0 Å². The lowest BCUT2D eigenvalue weighted by molar-refractivity contribution is 0.344. The van der Waals surface area contributed by atoms with Crippen molar-refractivity contribution in [1.82, 2.24) is 9.62 Å². The molecule has 7 heteroatoms. The van der Waals surface area contributed by atoms with Crippen molar-refractivity contribution in [2.24, 2.45) is 5.73 Å². The van der Waals surface area contributed by atoms with Gasteiger partial charge in [-0.1, -0.05) is 6.07 Å². The first-order valence-electron chi connectivity index (χ1n) is 6.73. The van der Waals surface area contributed by atoms with Gasteiger partial charge in [0, 0.05) is 19.6 Å². The molecule has 3 N–H and O–H groups in total. The molecule has 1 aliphatic rings. The second-order valence-corrected chi connectivity index (χ2v) is 6.64. The topological polar surface area (TPSA) is 75.4 Å². The Bertz CT molecular complexity index is 557. The van der Waals surface area contributed by atoms with Crippen molar-refractivity contribution in [3.8, 4) is 0 Å². The van der Waals surface area contributed by atoms with E-state index in [-0.39, 0.29) is 11.4 Å². The van der Waals surface area contributed by atoms with E-state index in [4.69, 9.17) is 5.73 Å². The van der Waals surface area contributed by atoms with Gasteiger partial charge in [0.2, 0.25) is 10.0 Å². The second kappa shape index (κ2) is 6.62. The number of hydrogen-bond donors (Lipinski definition) is 2. The highest BCUT2D eigenvalue weighted by molar-refractivity contribution is 7.89. The quantitative estimate of drug-likeness (QED) is 0.809. The molecule has 5 nitrogen and oxygen atoms in total. The summed E-state index contributed by atoms with van der Waals surface area (Å²) in [5, 5.41) is 0. The number of likely N-dealkylation sites (tertiary alicyclic amines) is 1. The molecule has 1 heterocycles. The minimum absolute atomic E-state index is 0.0582. The number of sulfonamides is 1. The predicted molar refractivity (Wildman–Crippen MR) is 75.2 cm³/mol. The monoisotopic (exact) mass is 301 g/mol. The van der Waals surface area contributed by atoms with E-state index in [0.29, 0.717) is 18.7 Å². The molecule has 0 aromatic heterocycles. The van der Waals surface area contributed by atoms with Crippen LogP contribution in [0.3, 0.4) is 0 Å². The van der Waals surface area contributed by atoms with E-state index < -0.39 is 15.8 Å². The molecule has 0 spiro atoms. The number of nitrogens with one attached hydrogen (secondary N) is 1. The van der Waals surface area contributed by atoms with Gasteiger partial charge in [-0.25, -0.2) is 17.5 Å². The summed E-state index contributed by atoms with van der Waals surface area (Å²) < 4.78 is 40.1. The lowest BCUT2D eigenvalue weighted by Crippen LogP contribution is -2.34. The van der Waals surface area contributed by atoms with Crippen LogP contribution in [0.1, 0.15) is 18.4 Å². The van der Waals surface area contributed by atoms with E-state index in [1.807, 2.05) is 0 Å². The van der Waals surface area contributed by atoms with Crippen molar-refractivity contribution >= 4 is 10.0 Å². The summed E-state index contributed by atoms with van der Waals surface area (Å²) in [5.41, 5.74) is 5.92. The lowest BCUT2D eigenvalue weighted by atomic mass is 10.2. The van der Waals surface area contributed by atoms with Gasteiger partial charge in [0.15, 0.2) is 0 Å². The molecule has 112 valence electrons. The molecule has 0 saturated carbocycles. The summed E-state index contributed by atoms with van der Waals surface area (Å²) in [4.78, 5) is 2.14. The van der Waals surface area contributed by atoms with Crippen molar-refractivity contribution in [3.63, 3.8) is 0 Å². The molecule has 20 heavy (non-hydrogen) atoms. The number of nitrogens with two attached hydrogens (primary N) is 1. The number of nitrogens with zero attached hydrogens (tertiary/aromatic N) is 1. The Morgan fingerprint density at radius 3 is 2.65 bits per heavy atom. The van der Waals surface area contributed by atoms with Gasteiger partial charge in [0.05, 0.1) is 4.90 Å². The molecule has 0 amide bonds. The minimum Gasteiger partial charge on any atom is -0.326 e. The molecule has 0 aliphatic carbocycles. The van der Waals surface area contributed by atoms with Crippen LogP contribution < -0.4 is 10.5 Å². The third-order valence-electron chi connectivity index (χ3n) is 3.46. The molecule has 1 aromatic rings. The molecule has 1 fully saturated rings. The first-order valence-corrected chi connectivity index (χ1v) is 8.22. The summed E-state index contributed by atoms with van der Waals surface area (Å²) >= 11 is 0. The van der Waals surface area contributed by atoms with Crippen LogP contribution in [0.25, 0.3) is 0 Å². The normalized spacial score (nSPS) is 16.7. The molecule has 1 saturated heterocycles. The van der Waals surface area contributed by atoms with Crippen LogP contribution in [0.15, 0.2) is 23.1 Å². The summed E-state index contributed by atoms with van der Waals surface area (Å²) in [5.74, 6) is -0.581. The molecule has 0 bridgehead atoms. The smallest absolute Gasteiger partial charge is 0.241 e. The number of rotatable bonds is 6. The van der Waals surface area contributed by atoms with Crippen LogP contribution in [-0.2, 0) is 16.6 Å². The highest BCUT2D eigenvalue weighted by atomic mass is 32.2. The van der Waals surface area contributed by atoms with Crippen molar-refractivity contribution in [2.45, 2.75) is 24.3 Å². The molecule has 1 aromatic carbocycles. The van der Waals surface area contributed by atoms with Crippen molar-refractivity contribution in [3.05, 3.63) is 29.6 Å². The summed E-state index contributed by atoms with van der Waals surface area (Å²) in [6, 6.07) is 3.64. The van der Waals surface area contributed by atoms with Crippen LogP contribution in [0.2, 0.25) is 0 Å². The van der Waals surface area contributed by atoms with Crippen molar-refractivity contribution in [1.29, 1.82) is 0 Å². The fourth-order valence-electron chi connectivity index (χ4n) is 2.37. The van der Waals surface area contributed by atoms with Gasteiger partial charge < -0.3 is 10.6 Å². The predicted octanol–water partition coefficient (Wildman–Crippen LogP) is 0.658. The maximum Gasteiger partial charge on any atom is 0.241 e. The van der Waals surface area contributed by atoms with Gasteiger partial charge in [-0.3, -0.25) is 0 Å². The molecule has 0 unspecified atom stereocenters. The molecule has 0 radical (unpaired) electrons. The van der Waals surface area contributed by atoms with Gasteiger partial charge in [-0.05, 0) is 43.6 Å². The van der Waals surface area contributed by atoms with E-state index in [2.05, 4.69) is 9.62 Å². The molecular formula is C13H20FN3O2S. The maximum atomic E-state index is 13.2. The summed E-state index contributed by atoms with van der Waals surface area (Å²) in [6.07, 6.45) is 2.32. The average Bonchev–Trinajstić information content (AvgIpc) is 2.91. The number of halogens is 1. The largest absolute Gasteiger partial charge is 0.326 e. The van der Waals surface area contributed by atoms with E-state index >= 15 is 0 Å². The highest BCUT2D eigenvalue weighted by Gasteiger charge is 2.19. The fraction of sp³-hybridized carbons (Fsp3) is 0.538. The van der Waals surface area contributed by atoms with E-state index in [0.717, 1.165) is 32.0 Å². The summed E-state index contributed by atoms with van der Waals surface area (Å²) in [7, 11) is -3.71. The van der Waals surface area contributed by atoms with Crippen molar-refractivity contribution in [2.75, 3.05) is 26.2 Å². The van der Waals surface area contributed by atoms with Gasteiger partial charge in [-0.15, -0.1) is 0 Å². The molecular weight excluding hydrogens is 281 g/mol. The number of benzene rings is 1. The van der Waals surface area contributed by atoms with Crippen LogP contribution in [0, 0.1) is 5.82 Å². The maximum absolute atomic E-state index is 13.2. The SMILES string of the molecule is NCc1ccc(F)cc1S(=O)(=O)NCCN1CCCC1. The van der Waals surface area contributed by atoms with E-state index in [1.165, 1.54) is 12.1 Å². The Balaban J connectivity index is 2.03. The van der Waals surface area contributed by atoms with Gasteiger partial charge in [0.1, 0.15) is 5.82 Å². The fourth-order valence-corrected chi connectivity index (χ4v) is 3.65. The lowest BCUT2D eigenvalue weighted by Gasteiger charge is -2.15. The first kappa shape index (κ1) is 15.4. The molecule has 0 atom stereocenters. The molecule has 2 rings (SSSR count). The van der Waals surface area contributed by atoms with Crippen LogP contribution in [0.4, 0.5) is 4.39 Å². The second-order valence-electron chi connectivity index (χ2n) is 4.90. The van der Waals surface area contributed by atoms with Crippen LogP contribution >= 0.6 is 0 Å². The number of hydrogen-bond acceptors (Lipinski definition) is 4. The standard InChI is InChI=1S/C13H20FN3O2S/c14-12-4-3-11(10-15)13(9-12)20(18,19)16-5-8-17-6-1-2-7-17/h3-4,9,16H,1-2,5-8,10,15H2. The van der Waals surface area contributed by atoms with Gasteiger partial charge in [-0.2, -0.15) is 0 Å². The van der Waals surface area contributed by atoms with E-state index in [1.54, 1.807) is 0 Å². The zero-order valence-corrected chi connectivity index (χ0v) is 12.1. The highest BCUT2D eigenvalue weighted by Crippen LogP contribution is 2.16. The first-order chi connectivity index (χ1) is 9.53. The Kier molecular flexibility index (Phi) is 5.09. The third-order valence-corrected chi connectivity index (χ3v) is 5.00. The van der Waals surface area contributed by atoms with Crippen LogP contribution in [-0.4, -0.2) is 39.5 Å². The zero-order valence-electron chi connectivity index (χ0n) is 11.3. The van der Waals surface area contributed by atoms with E-state index in [9.17, 15) is 12.8 Å². The Labute approximate surface area is 119 Å². The third kappa shape index (κ3) is 3.76. The Hall–Kier alpha value is -1.02. The minimum atomic E-state index is -3.71. The Morgan fingerprint density at radius 1 is 1.30 bits per heavy atom. The van der Waals surface area contributed by atoms with Gasteiger partial charge in [0.25, 0.3) is 0 Å². The molecule has 1 aliphatic heterocycles. The summed E-state index contributed by atoms with van der Waals surface area (Å²) in [6.45, 7) is 3.07. The van der Waals surface area contributed by atoms with Crippen molar-refractivity contribution < 1.29 is 12.8 Å². The Morgan fingerprint density at radius 2 is 2.00 bits per heavy atom. The zero-order chi connectivity index (χ0) is 14.6.